The zero-order valence-electron chi connectivity index (χ0n) is 40.2. The third kappa shape index (κ3) is 21.1. The van der Waals surface area contributed by atoms with Gasteiger partial charge in [-0.25, -0.2) is 4.79 Å². The van der Waals surface area contributed by atoms with Gasteiger partial charge >= 0.3 is 6.03 Å². The number of benzene rings is 1. The summed E-state index contributed by atoms with van der Waals surface area (Å²) in [6, 6.07) is 4.79. The van der Waals surface area contributed by atoms with Gasteiger partial charge in [0.15, 0.2) is 0 Å². The van der Waals surface area contributed by atoms with Crippen LogP contribution in [0.4, 0.5) is 10.5 Å². The molecule has 0 spiro atoms. The third-order valence-electron chi connectivity index (χ3n) is 11.8. The van der Waals surface area contributed by atoms with Gasteiger partial charge in [-0.05, 0) is 82.7 Å². The summed E-state index contributed by atoms with van der Waals surface area (Å²) in [7, 11) is 1.61. The molecule has 21 nitrogen and oxygen atoms in total. The lowest BCUT2D eigenvalue weighted by atomic mass is 10.0. The number of likely N-dealkylation sites (N-methyl/N-ethyl adjacent to an activating group) is 1. The fourth-order valence-corrected chi connectivity index (χ4v) is 9.44. The van der Waals surface area contributed by atoms with Crippen LogP contribution in [0.15, 0.2) is 36.9 Å². The fourth-order valence-electron chi connectivity index (χ4n) is 7.90. The number of anilines is 1. The average molecular weight is 987 g/mol. The van der Waals surface area contributed by atoms with E-state index >= 15 is 0 Å². The van der Waals surface area contributed by atoms with E-state index in [0.717, 1.165) is 36.7 Å². The van der Waals surface area contributed by atoms with Crippen molar-refractivity contribution in [3.05, 3.63) is 42.5 Å². The predicted octanol–water partition coefficient (Wildman–Crippen LogP) is 0.586. The molecule has 9 amide bonds. The zero-order chi connectivity index (χ0) is 49.8. The largest absolute Gasteiger partial charge is 0.379 e. The molecule has 3 saturated heterocycles. The summed E-state index contributed by atoms with van der Waals surface area (Å²) in [5.41, 5.74) is 1.28. The Labute approximate surface area is 409 Å². The second-order valence-corrected chi connectivity index (χ2v) is 18.4. The molecule has 1 aromatic carbocycles. The highest BCUT2D eigenvalue weighted by Crippen LogP contribution is 2.33. The Balaban J connectivity index is 0.981. The molecule has 3 aliphatic heterocycles. The molecular formula is C47H74N10O11S. The molecule has 0 bridgehead atoms. The average Bonchev–Trinajstić information content (AvgIpc) is 4.08. The van der Waals surface area contributed by atoms with E-state index in [-0.39, 0.29) is 74.1 Å². The first kappa shape index (κ1) is 56.3. The Morgan fingerprint density at radius 3 is 2.16 bits per heavy atom. The van der Waals surface area contributed by atoms with Gasteiger partial charge in [0.1, 0.15) is 12.1 Å². The molecule has 4 rings (SSSR count). The van der Waals surface area contributed by atoms with Crippen molar-refractivity contribution < 1.29 is 52.6 Å². The number of rotatable bonds is 34. The van der Waals surface area contributed by atoms with Crippen molar-refractivity contribution in [2.24, 2.45) is 0 Å². The molecule has 3 heterocycles. The number of nitrogens with zero attached hydrogens (tertiary/aromatic N) is 1. The van der Waals surface area contributed by atoms with Gasteiger partial charge in [-0.1, -0.05) is 25.1 Å². The minimum atomic E-state index is -1.13. The summed E-state index contributed by atoms with van der Waals surface area (Å²) in [5, 5.41) is 25.9. The van der Waals surface area contributed by atoms with E-state index in [9.17, 15) is 38.4 Å². The van der Waals surface area contributed by atoms with Crippen molar-refractivity contribution in [3.63, 3.8) is 0 Å². The van der Waals surface area contributed by atoms with Crippen molar-refractivity contribution in [2.75, 3.05) is 83.9 Å². The summed E-state index contributed by atoms with van der Waals surface area (Å²) in [4.78, 5) is 102. The summed E-state index contributed by atoms with van der Waals surface area (Å²) < 4.78 is 16.7. The van der Waals surface area contributed by atoms with Crippen molar-refractivity contribution in [3.8, 4) is 0 Å². The smallest absolute Gasteiger partial charge is 0.315 e. The van der Waals surface area contributed by atoms with E-state index in [1.807, 2.05) is 11.8 Å². The summed E-state index contributed by atoms with van der Waals surface area (Å²) in [5.74, 6) is -1.28. The molecule has 6 unspecified atom stereocenters. The van der Waals surface area contributed by atoms with E-state index in [2.05, 4.69) is 54.4 Å². The van der Waals surface area contributed by atoms with E-state index in [4.69, 9.17) is 14.2 Å². The first-order chi connectivity index (χ1) is 33.4. The molecule has 0 aliphatic carbocycles. The van der Waals surface area contributed by atoms with E-state index < -0.39 is 35.8 Å². The maximum Gasteiger partial charge on any atom is 0.315 e. The molecule has 0 saturated carbocycles. The number of likely N-dealkylation sites (tertiary alicyclic amines) is 1. The highest BCUT2D eigenvalue weighted by atomic mass is 32.2. The van der Waals surface area contributed by atoms with Crippen LogP contribution >= 0.6 is 11.8 Å². The number of amides is 9. The van der Waals surface area contributed by atoms with Gasteiger partial charge < -0.3 is 67.0 Å². The lowest BCUT2D eigenvalue weighted by molar-refractivity contribution is -0.141. The van der Waals surface area contributed by atoms with E-state index in [1.165, 1.54) is 4.90 Å². The van der Waals surface area contributed by atoms with E-state index in [0.29, 0.717) is 102 Å². The Kier molecular flexibility index (Phi) is 25.9. The molecular weight excluding hydrogens is 913 g/mol. The molecule has 0 radical (unpaired) electrons. The van der Waals surface area contributed by atoms with Crippen LogP contribution in [0.2, 0.25) is 0 Å². The minimum Gasteiger partial charge on any atom is -0.379 e. The quantitative estimate of drug-likeness (QED) is 0.0260. The second-order valence-electron chi connectivity index (χ2n) is 17.1. The topological polar surface area (TPSA) is 276 Å². The van der Waals surface area contributed by atoms with Crippen LogP contribution in [0.1, 0.15) is 83.1 Å². The van der Waals surface area contributed by atoms with Gasteiger partial charge in [-0.2, -0.15) is 11.8 Å². The second kappa shape index (κ2) is 31.8. The lowest BCUT2D eigenvalue weighted by Crippen LogP contribution is -2.58. The van der Waals surface area contributed by atoms with Crippen LogP contribution in [0.3, 0.4) is 0 Å². The van der Waals surface area contributed by atoms with Gasteiger partial charge in [-0.15, -0.1) is 0 Å². The number of ether oxygens (including phenoxy) is 3. The zero-order valence-corrected chi connectivity index (χ0v) is 41.0. The molecule has 0 aromatic heterocycles. The van der Waals surface area contributed by atoms with Crippen LogP contribution in [-0.2, 0) is 54.3 Å². The Bertz CT molecular complexity index is 1860. The molecule has 9 N–H and O–H groups in total. The first-order valence-corrected chi connectivity index (χ1v) is 25.2. The molecule has 69 heavy (non-hydrogen) atoms. The van der Waals surface area contributed by atoms with Gasteiger partial charge in [0, 0.05) is 81.9 Å². The van der Waals surface area contributed by atoms with Gasteiger partial charge in [0.2, 0.25) is 41.4 Å². The number of thioether (sulfide) groups is 1. The minimum absolute atomic E-state index is 0.0273. The van der Waals surface area contributed by atoms with Crippen molar-refractivity contribution in [2.45, 2.75) is 120 Å². The van der Waals surface area contributed by atoms with Crippen molar-refractivity contribution >= 4 is 64.8 Å². The van der Waals surface area contributed by atoms with Crippen molar-refractivity contribution in [1.29, 1.82) is 0 Å². The predicted molar refractivity (Wildman–Crippen MR) is 261 cm³/mol. The normalized spacial score (nSPS) is 19.0. The van der Waals surface area contributed by atoms with Crippen LogP contribution in [0.5, 0.6) is 0 Å². The monoisotopic (exact) mass is 987 g/mol. The number of unbranched alkanes of at least 4 members (excludes halogenated alkanes) is 1. The number of hydrogen-bond acceptors (Lipinski definition) is 13. The Morgan fingerprint density at radius 2 is 1.49 bits per heavy atom. The number of nitrogens with one attached hydrogen (secondary N) is 9. The van der Waals surface area contributed by atoms with Crippen LogP contribution in [-0.4, -0.2) is 166 Å². The molecule has 384 valence electrons. The SMILES string of the molecule is C=CC(=O)Nc1cccc(CNC(=O)C2CCCN2C(=O)C(CNC(=O)CCCC(=O)NCCCOCCOCCOCCCNC(=O)CCCCC2SCC3NC(=O)NC32)NC(=O)C(C)NC)c1. The molecule has 3 aliphatic rings. The standard InChI is InChI=1S/C47H74N10O11S/c1-4-39(58)53-34-13-7-12-33(28-34)29-52-45(63)37-14-9-21-57(37)46(64)35(54-44(62)32(2)48-3)30-51-42(61)18-8-17-41(60)50-20-11-23-67-25-27-68-26-24-66-22-10-19-49-40(59)16-6-5-15-38-43-36(31-69-38)55-47(65)56-43/h4,7,12-13,28,32,35-38,43,48H,1,5-6,8-11,14-27,29-31H2,2-3H3,(H,49,59)(H,50,60)(H,51,61)(H,52,63)(H,53,58)(H,54,62)(H2,55,56,65). The molecule has 6 atom stereocenters. The summed E-state index contributed by atoms with van der Waals surface area (Å²) >= 11 is 1.89. The number of carbonyl (C=O) groups excluding carboxylic acids is 8. The number of carbonyl (C=O) groups is 8. The number of fused-ring (bicyclic) bond motifs is 1. The van der Waals surface area contributed by atoms with Gasteiger partial charge in [0.05, 0.1) is 44.6 Å². The molecule has 3 fully saturated rings. The highest BCUT2D eigenvalue weighted by Gasteiger charge is 2.42. The maximum absolute atomic E-state index is 13.9. The highest BCUT2D eigenvalue weighted by molar-refractivity contribution is 8.00. The third-order valence-corrected chi connectivity index (χ3v) is 13.3. The van der Waals surface area contributed by atoms with Gasteiger partial charge in [-0.3, -0.25) is 33.6 Å². The van der Waals surface area contributed by atoms with E-state index in [1.54, 1.807) is 38.2 Å². The Morgan fingerprint density at radius 1 is 0.841 bits per heavy atom. The van der Waals surface area contributed by atoms with Crippen LogP contribution in [0, 0.1) is 0 Å². The molecule has 22 heteroatoms. The first-order valence-electron chi connectivity index (χ1n) is 24.2. The van der Waals surface area contributed by atoms with Crippen LogP contribution in [0.25, 0.3) is 0 Å². The van der Waals surface area contributed by atoms with Gasteiger partial charge in [0.25, 0.3) is 0 Å². The molecule has 1 aromatic rings. The number of urea groups is 1. The summed E-state index contributed by atoms with van der Waals surface area (Å²) in [6.07, 6.45) is 7.17. The number of hydrogen-bond donors (Lipinski definition) is 9. The summed E-state index contributed by atoms with van der Waals surface area (Å²) in [6.45, 7) is 8.93. The van der Waals surface area contributed by atoms with Crippen LogP contribution < -0.4 is 47.9 Å². The lowest BCUT2D eigenvalue weighted by Gasteiger charge is -2.29. The maximum atomic E-state index is 13.9. The van der Waals surface area contributed by atoms with Crippen molar-refractivity contribution in [1.82, 2.24) is 47.4 Å². The fraction of sp³-hybridized carbons (Fsp3) is 0.660. The Hall–Kier alpha value is -5.29.